The SMILES string of the molecule is CCc1cc(Oc2ccc(C)cc2C)nc(SCc2cccc(F)c2)n1. The molecule has 0 fully saturated rings. The number of halogens is 1. The summed E-state index contributed by atoms with van der Waals surface area (Å²) in [5, 5.41) is 0.633. The van der Waals surface area contributed by atoms with Crippen LogP contribution in [0.4, 0.5) is 4.39 Å². The zero-order valence-electron chi connectivity index (χ0n) is 15.1. The maximum atomic E-state index is 13.3. The average molecular weight is 368 g/mol. The van der Waals surface area contributed by atoms with Crippen LogP contribution in [-0.2, 0) is 12.2 Å². The summed E-state index contributed by atoms with van der Waals surface area (Å²) in [5.74, 6) is 1.70. The van der Waals surface area contributed by atoms with Crippen LogP contribution in [0.1, 0.15) is 29.3 Å². The lowest BCUT2D eigenvalue weighted by Crippen LogP contribution is -1.98. The molecular weight excluding hydrogens is 347 g/mol. The summed E-state index contributed by atoms with van der Waals surface area (Å²) in [6.07, 6.45) is 0.791. The van der Waals surface area contributed by atoms with Crippen molar-refractivity contribution in [1.82, 2.24) is 9.97 Å². The molecule has 0 unspecified atom stereocenters. The van der Waals surface area contributed by atoms with E-state index in [0.717, 1.165) is 29.0 Å². The Bertz CT molecular complexity index is 914. The van der Waals surface area contributed by atoms with Gasteiger partial charge in [-0.25, -0.2) is 9.37 Å². The third kappa shape index (κ3) is 4.82. The Morgan fingerprint density at radius 3 is 2.62 bits per heavy atom. The van der Waals surface area contributed by atoms with E-state index in [4.69, 9.17) is 4.74 Å². The molecule has 2 aromatic carbocycles. The molecule has 0 radical (unpaired) electrons. The van der Waals surface area contributed by atoms with Gasteiger partial charge in [0.15, 0.2) is 5.16 Å². The van der Waals surface area contributed by atoms with Crippen molar-refractivity contribution >= 4 is 11.8 Å². The lowest BCUT2D eigenvalue weighted by atomic mass is 10.1. The first-order valence-corrected chi connectivity index (χ1v) is 9.52. The van der Waals surface area contributed by atoms with Crippen LogP contribution in [0.3, 0.4) is 0 Å². The van der Waals surface area contributed by atoms with Gasteiger partial charge in [0.25, 0.3) is 0 Å². The van der Waals surface area contributed by atoms with Crippen LogP contribution in [-0.4, -0.2) is 9.97 Å². The van der Waals surface area contributed by atoms with Gasteiger partial charge in [-0.3, -0.25) is 0 Å². The molecule has 26 heavy (non-hydrogen) atoms. The number of aryl methyl sites for hydroxylation is 3. The van der Waals surface area contributed by atoms with Crippen molar-refractivity contribution in [3.8, 4) is 11.6 Å². The average Bonchev–Trinajstić information content (AvgIpc) is 2.62. The Kier molecular flexibility index (Phi) is 5.89. The van der Waals surface area contributed by atoms with Gasteiger partial charge in [0, 0.05) is 17.5 Å². The number of ether oxygens (including phenoxy) is 1. The van der Waals surface area contributed by atoms with Crippen LogP contribution in [0.15, 0.2) is 53.7 Å². The molecule has 3 nitrogen and oxygen atoms in total. The summed E-state index contributed by atoms with van der Waals surface area (Å²) >= 11 is 1.47. The third-order valence-corrected chi connectivity index (χ3v) is 4.82. The maximum absolute atomic E-state index is 13.3. The van der Waals surface area contributed by atoms with Crippen molar-refractivity contribution in [2.75, 3.05) is 0 Å². The minimum atomic E-state index is -0.231. The number of aromatic nitrogens is 2. The second kappa shape index (κ2) is 8.32. The normalized spacial score (nSPS) is 10.8. The van der Waals surface area contributed by atoms with E-state index >= 15 is 0 Å². The van der Waals surface area contributed by atoms with Crippen molar-refractivity contribution in [1.29, 1.82) is 0 Å². The first-order chi connectivity index (χ1) is 12.5. The Balaban J connectivity index is 1.79. The Labute approximate surface area is 157 Å². The minimum absolute atomic E-state index is 0.231. The number of nitrogens with zero attached hydrogens (tertiary/aromatic N) is 2. The van der Waals surface area contributed by atoms with E-state index < -0.39 is 0 Å². The van der Waals surface area contributed by atoms with Crippen molar-refractivity contribution in [3.05, 3.63) is 76.7 Å². The summed E-state index contributed by atoms with van der Waals surface area (Å²) in [4.78, 5) is 9.06. The minimum Gasteiger partial charge on any atom is -0.439 e. The van der Waals surface area contributed by atoms with Crippen molar-refractivity contribution in [3.63, 3.8) is 0 Å². The highest BCUT2D eigenvalue weighted by Gasteiger charge is 2.09. The van der Waals surface area contributed by atoms with E-state index in [0.29, 0.717) is 16.8 Å². The predicted molar refractivity (Wildman–Crippen MR) is 103 cm³/mol. The molecule has 0 spiro atoms. The molecule has 0 saturated carbocycles. The molecule has 0 N–H and O–H groups in total. The van der Waals surface area contributed by atoms with Gasteiger partial charge in [-0.1, -0.05) is 48.5 Å². The van der Waals surface area contributed by atoms with Crippen LogP contribution < -0.4 is 4.74 Å². The van der Waals surface area contributed by atoms with E-state index in [1.807, 2.05) is 38.1 Å². The second-order valence-corrected chi connectivity index (χ2v) is 7.07. The highest BCUT2D eigenvalue weighted by molar-refractivity contribution is 7.98. The first-order valence-electron chi connectivity index (χ1n) is 8.54. The summed E-state index contributed by atoms with van der Waals surface area (Å²) in [6, 6.07) is 14.5. The molecule has 0 saturated heterocycles. The number of thioether (sulfide) groups is 1. The monoisotopic (exact) mass is 368 g/mol. The summed E-state index contributed by atoms with van der Waals surface area (Å²) in [7, 11) is 0. The zero-order valence-corrected chi connectivity index (χ0v) is 15.9. The quantitative estimate of drug-likeness (QED) is 0.402. The zero-order chi connectivity index (χ0) is 18.5. The number of benzene rings is 2. The fourth-order valence-corrected chi connectivity index (χ4v) is 3.36. The Morgan fingerprint density at radius 1 is 1.04 bits per heavy atom. The molecule has 0 aliphatic carbocycles. The second-order valence-electron chi connectivity index (χ2n) is 6.12. The largest absolute Gasteiger partial charge is 0.439 e. The molecule has 1 heterocycles. The van der Waals surface area contributed by atoms with Gasteiger partial charge < -0.3 is 4.74 Å². The van der Waals surface area contributed by atoms with Crippen molar-refractivity contribution in [2.24, 2.45) is 0 Å². The van der Waals surface area contributed by atoms with Crippen LogP contribution >= 0.6 is 11.8 Å². The molecule has 0 aliphatic rings. The smallest absolute Gasteiger partial charge is 0.223 e. The van der Waals surface area contributed by atoms with Gasteiger partial charge in [0.2, 0.25) is 5.88 Å². The lowest BCUT2D eigenvalue weighted by Gasteiger charge is -2.11. The van der Waals surface area contributed by atoms with E-state index in [1.165, 1.54) is 29.5 Å². The molecule has 3 rings (SSSR count). The van der Waals surface area contributed by atoms with Crippen LogP contribution in [0.25, 0.3) is 0 Å². The molecule has 0 amide bonds. The summed E-state index contributed by atoms with van der Waals surface area (Å²) < 4.78 is 19.3. The topological polar surface area (TPSA) is 35.0 Å². The number of hydrogen-bond acceptors (Lipinski definition) is 4. The summed E-state index contributed by atoms with van der Waals surface area (Å²) in [6.45, 7) is 6.12. The maximum Gasteiger partial charge on any atom is 0.223 e. The van der Waals surface area contributed by atoms with Gasteiger partial charge in [0.05, 0.1) is 0 Å². The number of rotatable bonds is 6. The van der Waals surface area contributed by atoms with Crippen molar-refractivity contribution < 1.29 is 9.13 Å². The highest BCUT2D eigenvalue weighted by Crippen LogP contribution is 2.28. The fourth-order valence-electron chi connectivity index (χ4n) is 2.55. The Hall–Kier alpha value is -2.40. The molecule has 0 atom stereocenters. The molecule has 0 aliphatic heterocycles. The molecule has 134 valence electrons. The van der Waals surface area contributed by atoms with Gasteiger partial charge in [-0.15, -0.1) is 0 Å². The molecule has 1 aromatic heterocycles. The fraction of sp³-hybridized carbons (Fsp3) is 0.238. The van der Waals surface area contributed by atoms with E-state index in [1.54, 1.807) is 6.07 Å². The van der Waals surface area contributed by atoms with Crippen LogP contribution in [0.2, 0.25) is 0 Å². The van der Waals surface area contributed by atoms with Gasteiger partial charge in [-0.2, -0.15) is 4.98 Å². The number of hydrogen-bond donors (Lipinski definition) is 0. The highest BCUT2D eigenvalue weighted by atomic mass is 32.2. The third-order valence-electron chi connectivity index (χ3n) is 3.90. The molecule has 0 bridgehead atoms. The first kappa shape index (κ1) is 18.4. The lowest BCUT2D eigenvalue weighted by molar-refractivity contribution is 0.450. The predicted octanol–water partition coefficient (Wildman–Crippen LogP) is 5.88. The molecule has 5 heteroatoms. The van der Waals surface area contributed by atoms with Crippen LogP contribution in [0.5, 0.6) is 11.6 Å². The molecule has 3 aromatic rings. The van der Waals surface area contributed by atoms with Gasteiger partial charge >= 0.3 is 0 Å². The van der Waals surface area contributed by atoms with Gasteiger partial charge in [0.1, 0.15) is 11.6 Å². The van der Waals surface area contributed by atoms with Crippen LogP contribution in [0, 0.1) is 19.7 Å². The van der Waals surface area contributed by atoms with E-state index in [-0.39, 0.29) is 5.82 Å². The standard InChI is InChI=1S/C21H21FN2OS/c1-4-18-12-20(25-19-9-8-14(2)10-15(19)3)24-21(23-18)26-13-16-6-5-7-17(22)11-16/h5-12H,4,13H2,1-3H3. The molecular formula is C21H21FN2OS. The van der Waals surface area contributed by atoms with Crippen molar-refractivity contribution in [2.45, 2.75) is 38.1 Å². The van der Waals surface area contributed by atoms with E-state index in [2.05, 4.69) is 23.0 Å². The Morgan fingerprint density at radius 2 is 1.88 bits per heavy atom. The summed E-state index contributed by atoms with van der Waals surface area (Å²) in [5.41, 5.74) is 4.08. The van der Waals surface area contributed by atoms with Gasteiger partial charge in [-0.05, 0) is 49.6 Å². The van der Waals surface area contributed by atoms with E-state index in [9.17, 15) is 4.39 Å².